The van der Waals surface area contributed by atoms with Gasteiger partial charge in [-0.25, -0.2) is 4.98 Å². The highest BCUT2D eigenvalue weighted by Crippen LogP contribution is 2.24. The Bertz CT molecular complexity index is 1420. The minimum atomic E-state index is -4.77. The first-order chi connectivity index (χ1) is 14.3. The second-order valence-corrected chi connectivity index (χ2v) is 6.45. The summed E-state index contributed by atoms with van der Waals surface area (Å²) in [5.41, 5.74) is 2.26. The summed E-state index contributed by atoms with van der Waals surface area (Å²) in [6.07, 6.45) is -3.35. The third-order valence-corrected chi connectivity index (χ3v) is 4.58. The van der Waals surface area contributed by atoms with Crippen LogP contribution < -0.4 is 20.8 Å². The van der Waals surface area contributed by atoms with Gasteiger partial charge in [-0.1, -0.05) is 12.1 Å². The van der Waals surface area contributed by atoms with Crippen molar-refractivity contribution < 1.29 is 17.9 Å². The van der Waals surface area contributed by atoms with Crippen LogP contribution >= 0.6 is 0 Å². The number of nitriles is 1. The summed E-state index contributed by atoms with van der Waals surface area (Å²) in [5, 5.41) is 12.8. The largest absolute Gasteiger partial charge is 0.573 e. The molecule has 2 heterocycles. The maximum atomic E-state index is 13.1. The number of hydrogen-bond acceptors (Lipinski definition) is 5. The third-order valence-electron chi connectivity index (χ3n) is 4.58. The standard InChI is InChI=1S/C21H13F3N4O2/c1-12-15(10-25)19-27-17-4-2-3-5-18(17)28(19)20(29)16(12)11-26-13-6-8-14(9-7-13)30-21(22,23)24/h2-9,11,26H,1H3/b16-11+. The molecule has 0 amide bonds. The minimum absolute atomic E-state index is 0.248. The molecular weight excluding hydrogens is 397 g/mol. The summed E-state index contributed by atoms with van der Waals surface area (Å²) < 4.78 is 42.0. The molecule has 0 aliphatic rings. The van der Waals surface area contributed by atoms with Gasteiger partial charge in [-0.3, -0.25) is 9.20 Å². The number of aromatic nitrogens is 2. The van der Waals surface area contributed by atoms with Crippen molar-refractivity contribution in [2.45, 2.75) is 13.3 Å². The van der Waals surface area contributed by atoms with E-state index in [9.17, 15) is 23.2 Å². The van der Waals surface area contributed by atoms with Crippen LogP contribution in [0.15, 0.2) is 53.3 Å². The van der Waals surface area contributed by atoms with E-state index in [0.717, 1.165) is 12.1 Å². The van der Waals surface area contributed by atoms with E-state index in [2.05, 4.69) is 21.1 Å². The Balaban J connectivity index is 1.81. The molecule has 0 radical (unpaired) electrons. The number of fused-ring (bicyclic) bond motifs is 3. The molecular formula is C21H13F3N4O2. The number of nitrogens with one attached hydrogen (secondary N) is 1. The van der Waals surface area contributed by atoms with Gasteiger partial charge in [0, 0.05) is 11.9 Å². The third kappa shape index (κ3) is 3.39. The molecule has 0 atom stereocenters. The van der Waals surface area contributed by atoms with Gasteiger partial charge in [0.2, 0.25) is 0 Å². The predicted octanol–water partition coefficient (Wildman–Crippen LogP) is 3.50. The monoisotopic (exact) mass is 410 g/mol. The fourth-order valence-corrected chi connectivity index (χ4v) is 3.19. The molecule has 6 nitrogen and oxygen atoms in total. The van der Waals surface area contributed by atoms with Crippen LogP contribution in [0.5, 0.6) is 5.75 Å². The molecule has 0 saturated carbocycles. The number of hydrogen-bond donors (Lipinski definition) is 1. The van der Waals surface area contributed by atoms with Gasteiger partial charge in [-0.05, 0) is 48.9 Å². The number of imidazole rings is 1. The van der Waals surface area contributed by atoms with E-state index < -0.39 is 6.36 Å². The Morgan fingerprint density at radius 2 is 1.87 bits per heavy atom. The quantitative estimate of drug-likeness (QED) is 0.559. The second kappa shape index (κ2) is 7.08. The first-order valence-corrected chi connectivity index (χ1v) is 8.75. The normalized spacial score (nSPS) is 12.3. The molecule has 30 heavy (non-hydrogen) atoms. The van der Waals surface area contributed by atoms with Crippen LogP contribution in [0.1, 0.15) is 11.1 Å². The average Bonchev–Trinajstić information content (AvgIpc) is 3.07. The van der Waals surface area contributed by atoms with Crippen LogP contribution in [-0.2, 0) is 0 Å². The first kappa shape index (κ1) is 19.3. The summed E-state index contributed by atoms with van der Waals surface area (Å²) in [5.74, 6) is -0.355. The molecule has 0 spiro atoms. The van der Waals surface area contributed by atoms with Gasteiger partial charge in [-0.15, -0.1) is 13.2 Å². The maximum absolute atomic E-state index is 13.1. The van der Waals surface area contributed by atoms with Crippen molar-refractivity contribution >= 4 is 28.6 Å². The number of rotatable bonds is 3. The Hall–Kier alpha value is -4.06. The van der Waals surface area contributed by atoms with Crippen molar-refractivity contribution in [3.8, 4) is 11.8 Å². The minimum Gasteiger partial charge on any atom is -0.406 e. The number of nitrogens with zero attached hydrogens (tertiary/aromatic N) is 3. The van der Waals surface area contributed by atoms with Gasteiger partial charge >= 0.3 is 6.36 Å². The van der Waals surface area contributed by atoms with Crippen LogP contribution in [0.2, 0.25) is 0 Å². The Labute approximate surface area is 167 Å². The lowest BCUT2D eigenvalue weighted by atomic mass is 10.1. The molecule has 0 aliphatic heterocycles. The fourth-order valence-electron chi connectivity index (χ4n) is 3.19. The lowest BCUT2D eigenvalue weighted by molar-refractivity contribution is -0.274. The number of alkyl halides is 3. The van der Waals surface area contributed by atoms with Crippen molar-refractivity contribution in [1.29, 1.82) is 5.26 Å². The zero-order chi connectivity index (χ0) is 21.5. The number of pyridine rings is 1. The maximum Gasteiger partial charge on any atom is 0.573 e. The van der Waals surface area contributed by atoms with Gasteiger partial charge in [0.1, 0.15) is 11.8 Å². The molecule has 0 unspecified atom stereocenters. The highest BCUT2D eigenvalue weighted by molar-refractivity contribution is 5.82. The van der Waals surface area contributed by atoms with Crippen molar-refractivity contribution in [3.05, 3.63) is 75.2 Å². The van der Waals surface area contributed by atoms with E-state index in [-0.39, 0.29) is 27.7 Å². The zero-order valence-electron chi connectivity index (χ0n) is 15.5. The van der Waals surface area contributed by atoms with E-state index in [4.69, 9.17) is 0 Å². The van der Waals surface area contributed by atoms with Crippen LogP contribution in [0.4, 0.5) is 18.9 Å². The van der Waals surface area contributed by atoms with Gasteiger partial charge in [0.05, 0.1) is 21.8 Å². The lowest BCUT2D eigenvalue weighted by Gasteiger charge is -2.09. The summed E-state index contributed by atoms with van der Waals surface area (Å²) in [6.45, 7) is 1.65. The van der Waals surface area contributed by atoms with E-state index in [1.165, 1.54) is 22.7 Å². The zero-order valence-corrected chi connectivity index (χ0v) is 15.5. The molecule has 2 aromatic carbocycles. The smallest absolute Gasteiger partial charge is 0.406 e. The first-order valence-electron chi connectivity index (χ1n) is 8.75. The molecule has 0 saturated heterocycles. The summed E-state index contributed by atoms with van der Waals surface area (Å²) in [6, 6.07) is 14.2. The Morgan fingerprint density at radius 3 is 2.53 bits per heavy atom. The van der Waals surface area contributed by atoms with E-state index >= 15 is 0 Å². The highest BCUT2D eigenvalue weighted by atomic mass is 19.4. The molecule has 4 aromatic rings. The van der Waals surface area contributed by atoms with E-state index in [1.807, 2.05) is 0 Å². The Morgan fingerprint density at radius 1 is 1.17 bits per heavy atom. The summed E-state index contributed by atoms with van der Waals surface area (Å²) in [4.78, 5) is 17.5. The van der Waals surface area contributed by atoms with Crippen LogP contribution in [-0.4, -0.2) is 15.7 Å². The second-order valence-electron chi connectivity index (χ2n) is 6.45. The lowest BCUT2D eigenvalue weighted by Crippen LogP contribution is -2.34. The van der Waals surface area contributed by atoms with Crippen molar-refractivity contribution in [2.24, 2.45) is 0 Å². The SMILES string of the molecule is Cc1c(C#N)c2nc3ccccc3n2c(=O)/c1=C/Nc1ccc(OC(F)(F)F)cc1. The van der Waals surface area contributed by atoms with Crippen LogP contribution in [0.3, 0.4) is 0 Å². The fraction of sp³-hybridized carbons (Fsp3) is 0.0952. The number of anilines is 1. The summed E-state index contributed by atoms with van der Waals surface area (Å²) >= 11 is 0. The number of ether oxygens (including phenoxy) is 1. The van der Waals surface area contributed by atoms with Crippen LogP contribution in [0, 0.1) is 18.3 Å². The molecule has 0 aliphatic carbocycles. The van der Waals surface area contributed by atoms with E-state index in [0.29, 0.717) is 22.3 Å². The topological polar surface area (TPSA) is 79.4 Å². The molecule has 0 fully saturated rings. The number of para-hydroxylation sites is 2. The molecule has 4 rings (SSSR count). The molecule has 2 aromatic heterocycles. The molecule has 150 valence electrons. The number of halogens is 3. The van der Waals surface area contributed by atoms with Crippen LogP contribution in [0.25, 0.3) is 22.9 Å². The van der Waals surface area contributed by atoms with Gasteiger partial charge in [0.15, 0.2) is 5.65 Å². The highest BCUT2D eigenvalue weighted by Gasteiger charge is 2.30. The average molecular weight is 410 g/mol. The number of benzene rings is 2. The summed E-state index contributed by atoms with van der Waals surface area (Å²) in [7, 11) is 0. The Kier molecular flexibility index (Phi) is 4.54. The van der Waals surface area contributed by atoms with Crippen molar-refractivity contribution in [1.82, 2.24) is 9.38 Å². The predicted molar refractivity (Wildman–Crippen MR) is 105 cm³/mol. The van der Waals surface area contributed by atoms with Crippen molar-refractivity contribution in [3.63, 3.8) is 0 Å². The van der Waals surface area contributed by atoms with Crippen molar-refractivity contribution in [2.75, 3.05) is 5.32 Å². The van der Waals surface area contributed by atoms with Gasteiger partial charge in [-0.2, -0.15) is 5.26 Å². The molecule has 0 bridgehead atoms. The molecule has 1 N–H and O–H groups in total. The van der Waals surface area contributed by atoms with Gasteiger partial charge in [0.25, 0.3) is 5.56 Å². The van der Waals surface area contributed by atoms with E-state index in [1.54, 1.807) is 31.2 Å². The molecule has 9 heteroatoms. The van der Waals surface area contributed by atoms with Gasteiger partial charge < -0.3 is 10.1 Å².